The molecule has 0 aromatic carbocycles. The zero-order valence-electron chi connectivity index (χ0n) is 10.1. The Balaban J connectivity index is 2.76. The lowest BCUT2D eigenvalue weighted by atomic mass is 10.2. The Hall–Kier alpha value is 0.107. The molecule has 1 aliphatic rings. The zero-order valence-corrected chi connectivity index (χ0v) is 11.9. The van der Waals surface area contributed by atoms with E-state index in [1.54, 1.807) is 0 Å². The van der Waals surface area contributed by atoms with Gasteiger partial charge in [0.2, 0.25) is 0 Å². The average molecular weight is 229 g/mol. The molecule has 1 heterocycles. The van der Waals surface area contributed by atoms with Crippen LogP contribution in [0.4, 0.5) is 0 Å². The molecule has 0 amide bonds. The van der Waals surface area contributed by atoms with Crippen molar-refractivity contribution in [1.29, 1.82) is 0 Å². The van der Waals surface area contributed by atoms with Crippen LogP contribution in [0.25, 0.3) is 0 Å². The predicted molar refractivity (Wildman–Crippen MR) is 70.6 cm³/mol. The van der Waals surface area contributed by atoms with E-state index < -0.39 is 8.07 Å². The van der Waals surface area contributed by atoms with Gasteiger partial charge in [0.15, 0.2) is 0 Å². The first kappa shape index (κ1) is 12.2. The second-order valence-electron chi connectivity index (χ2n) is 5.98. The average Bonchev–Trinajstić information content (AvgIpc) is 2.02. The van der Waals surface area contributed by atoms with Crippen molar-refractivity contribution in [2.75, 3.05) is 0 Å². The fourth-order valence-electron chi connectivity index (χ4n) is 1.87. The minimum Gasteiger partial charge on any atom is -0.380 e. The van der Waals surface area contributed by atoms with Gasteiger partial charge in [0, 0.05) is 5.67 Å². The molecule has 0 aromatic heterocycles. The number of nitrogens with one attached hydrogen (secondary N) is 1. The normalized spacial score (nSPS) is 24.6. The van der Waals surface area contributed by atoms with Crippen molar-refractivity contribution in [2.45, 2.75) is 63.8 Å². The van der Waals surface area contributed by atoms with Crippen LogP contribution in [0, 0.1) is 0 Å². The summed E-state index contributed by atoms with van der Waals surface area (Å²) in [5.41, 5.74) is 0.684. The second kappa shape index (κ2) is 3.93. The monoisotopic (exact) mass is 229 g/mol. The molecule has 0 aliphatic carbocycles. The third kappa shape index (κ3) is 2.37. The molecule has 1 saturated heterocycles. The highest BCUT2D eigenvalue weighted by Gasteiger charge is 2.42. The lowest BCUT2D eigenvalue weighted by molar-refractivity contribution is 0.578. The van der Waals surface area contributed by atoms with Gasteiger partial charge in [0.25, 0.3) is 0 Å². The molecule has 0 bridgehead atoms. The first-order chi connectivity index (χ1) is 6.25. The molecule has 0 radical (unpaired) electrons. The summed E-state index contributed by atoms with van der Waals surface area (Å²) in [6.07, 6.45) is 3.69. The number of hydrogen-bond acceptors (Lipinski definition) is 1. The van der Waals surface area contributed by atoms with E-state index in [1.807, 2.05) is 0 Å². The van der Waals surface area contributed by atoms with Crippen LogP contribution in [0.3, 0.4) is 0 Å². The first-order valence-electron chi connectivity index (χ1n) is 5.54. The second-order valence-corrected chi connectivity index (χ2v) is 12.1. The van der Waals surface area contributed by atoms with Crippen molar-refractivity contribution in [2.24, 2.45) is 0 Å². The Kier molecular flexibility index (Phi) is 3.42. The van der Waals surface area contributed by atoms with Crippen LogP contribution in [0.1, 0.15) is 40.0 Å². The highest BCUT2D eigenvalue weighted by molar-refractivity contribution is 7.80. The van der Waals surface area contributed by atoms with Gasteiger partial charge < -0.3 is 5.32 Å². The van der Waals surface area contributed by atoms with Gasteiger partial charge in [-0.2, -0.15) is 0 Å². The minimum absolute atomic E-state index is 0.456. The Morgan fingerprint density at radius 1 is 1.36 bits per heavy atom. The van der Waals surface area contributed by atoms with Crippen LogP contribution in [0.5, 0.6) is 0 Å². The van der Waals surface area contributed by atoms with E-state index in [9.17, 15) is 0 Å². The summed E-state index contributed by atoms with van der Waals surface area (Å²) in [7, 11) is -1.24. The smallest absolute Gasteiger partial charge is 0.0784 e. The van der Waals surface area contributed by atoms with E-state index in [0.29, 0.717) is 10.7 Å². The van der Waals surface area contributed by atoms with Crippen molar-refractivity contribution in [3.8, 4) is 0 Å². The maximum Gasteiger partial charge on any atom is 0.0784 e. The van der Waals surface area contributed by atoms with Gasteiger partial charge >= 0.3 is 0 Å². The number of hydrogen-bond donors (Lipinski definition) is 1. The molecule has 1 N–H and O–H groups in total. The third-order valence-corrected chi connectivity index (χ3v) is 10.4. The highest BCUT2D eigenvalue weighted by Crippen LogP contribution is 2.40. The largest absolute Gasteiger partial charge is 0.380 e. The summed E-state index contributed by atoms with van der Waals surface area (Å²) < 4.78 is 0. The maximum absolute atomic E-state index is 5.29. The van der Waals surface area contributed by atoms with E-state index >= 15 is 0 Å². The van der Waals surface area contributed by atoms with Crippen LogP contribution >= 0.6 is 12.2 Å². The fourth-order valence-corrected chi connectivity index (χ4v) is 4.77. The summed E-state index contributed by atoms with van der Waals surface area (Å²) >= 11 is 5.29. The van der Waals surface area contributed by atoms with Crippen LogP contribution in [-0.2, 0) is 0 Å². The number of thiocarbonyl (C=S) groups is 1. The Bertz CT molecular complexity index is 230. The molecule has 14 heavy (non-hydrogen) atoms. The van der Waals surface area contributed by atoms with Gasteiger partial charge in [-0.3, -0.25) is 0 Å². The molecular weight excluding hydrogens is 206 g/mol. The molecule has 1 fully saturated rings. The fraction of sp³-hybridized carbons (Fsp3) is 0.909. The molecule has 1 aliphatic heterocycles. The van der Waals surface area contributed by atoms with Crippen LogP contribution in [0.2, 0.25) is 18.1 Å². The van der Waals surface area contributed by atoms with Crippen LogP contribution < -0.4 is 5.32 Å². The Morgan fingerprint density at radius 3 is 2.36 bits per heavy atom. The van der Waals surface area contributed by atoms with E-state index in [4.69, 9.17) is 12.2 Å². The van der Waals surface area contributed by atoms with E-state index in [-0.39, 0.29) is 0 Å². The molecule has 3 heteroatoms. The van der Waals surface area contributed by atoms with Gasteiger partial charge in [-0.1, -0.05) is 46.1 Å². The first-order valence-corrected chi connectivity index (χ1v) is 9.03. The molecule has 82 valence electrons. The molecule has 1 atom stereocenters. The van der Waals surface area contributed by atoms with Gasteiger partial charge in [-0.15, -0.1) is 0 Å². The minimum atomic E-state index is -1.24. The number of piperidine rings is 1. The number of rotatable bonds is 1. The van der Waals surface area contributed by atoms with Crippen molar-refractivity contribution in [3.05, 3.63) is 0 Å². The summed E-state index contributed by atoms with van der Waals surface area (Å²) in [4.78, 5) is 1.09. The summed E-state index contributed by atoms with van der Waals surface area (Å²) in [6.45, 7) is 12.1. The summed E-state index contributed by atoms with van der Waals surface area (Å²) in [6, 6.07) is 0. The Labute approximate surface area is 94.7 Å². The van der Waals surface area contributed by atoms with Crippen LogP contribution in [-0.4, -0.2) is 18.7 Å². The van der Waals surface area contributed by atoms with Crippen molar-refractivity contribution in [1.82, 2.24) is 5.32 Å². The summed E-state index contributed by atoms with van der Waals surface area (Å²) in [5, 5.41) is 4.01. The van der Waals surface area contributed by atoms with Crippen molar-refractivity contribution in [3.63, 3.8) is 0 Å². The summed E-state index contributed by atoms with van der Waals surface area (Å²) in [5.74, 6) is 0. The molecule has 0 spiro atoms. The lowest BCUT2D eigenvalue weighted by Gasteiger charge is -2.45. The van der Waals surface area contributed by atoms with E-state index in [2.05, 4.69) is 39.2 Å². The molecule has 0 aromatic rings. The third-order valence-electron chi connectivity index (χ3n) is 4.04. The van der Waals surface area contributed by atoms with Gasteiger partial charge in [0.05, 0.1) is 13.1 Å². The molecule has 1 rings (SSSR count). The lowest BCUT2D eigenvalue weighted by Crippen LogP contribution is -2.58. The van der Waals surface area contributed by atoms with Crippen molar-refractivity contribution >= 4 is 25.3 Å². The quantitative estimate of drug-likeness (QED) is 0.545. The Morgan fingerprint density at radius 2 is 1.93 bits per heavy atom. The van der Waals surface area contributed by atoms with Gasteiger partial charge in [0.1, 0.15) is 0 Å². The highest BCUT2D eigenvalue weighted by atomic mass is 32.1. The molecule has 0 saturated carbocycles. The van der Waals surface area contributed by atoms with E-state index in [0.717, 1.165) is 11.4 Å². The van der Waals surface area contributed by atoms with Crippen molar-refractivity contribution < 1.29 is 0 Å². The molecular formula is C11H23NSSi. The predicted octanol–water partition coefficient (Wildman–Crippen LogP) is 3.50. The zero-order chi connectivity index (χ0) is 11.0. The van der Waals surface area contributed by atoms with Gasteiger partial charge in [-0.05, 0) is 24.3 Å². The SMILES string of the molecule is CC(C)(C)[Si](C)(C)C1CCCC(=S)N1. The topological polar surface area (TPSA) is 12.0 Å². The maximum atomic E-state index is 5.29. The van der Waals surface area contributed by atoms with E-state index in [1.165, 1.54) is 12.8 Å². The standard InChI is InChI=1S/C11H23NSSi/c1-11(2,3)14(4,5)10-8-6-7-9(13)12-10/h10H,6-8H2,1-5H3,(H,12,13). The van der Waals surface area contributed by atoms with Crippen LogP contribution in [0.15, 0.2) is 0 Å². The van der Waals surface area contributed by atoms with Gasteiger partial charge in [-0.25, -0.2) is 0 Å². The molecule has 1 unspecified atom stereocenters. The molecule has 1 nitrogen and oxygen atoms in total.